The molecule has 2 N–H and O–H groups in total. The minimum atomic E-state index is -0.365. The molecule has 1 saturated heterocycles. The summed E-state index contributed by atoms with van der Waals surface area (Å²) in [4.78, 5) is 7.03. The van der Waals surface area contributed by atoms with Gasteiger partial charge in [-0.15, -0.1) is 12.4 Å². The molecule has 0 amide bonds. The summed E-state index contributed by atoms with van der Waals surface area (Å²) in [5, 5.41) is 4.08. The highest BCUT2D eigenvalue weighted by Gasteiger charge is 2.39. The lowest BCUT2D eigenvalue weighted by molar-refractivity contribution is 0.221. The van der Waals surface area contributed by atoms with Gasteiger partial charge >= 0.3 is 0 Å². The summed E-state index contributed by atoms with van der Waals surface area (Å²) in [6, 6.07) is 8.46. The average Bonchev–Trinajstić information content (AvgIpc) is 3.05. The second-order valence-corrected chi connectivity index (χ2v) is 6.97. The molecule has 6 heteroatoms. The third-order valence-corrected chi connectivity index (χ3v) is 5.17. The molecule has 1 saturated carbocycles. The average molecular weight is 349 g/mol. The molecule has 5 nitrogen and oxygen atoms in total. The normalized spacial score (nSPS) is 20.2. The number of likely N-dealkylation sites (tertiary alicyclic amines) is 1. The van der Waals surface area contributed by atoms with Crippen LogP contribution in [0.3, 0.4) is 0 Å². The van der Waals surface area contributed by atoms with E-state index in [1.54, 1.807) is 0 Å². The predicted molar refractivity (Wildman–Crippen MR) is 95.8 cm³/mol. The number of halogens is 1. The molecule has 0 atom stereocenters. The molecule has 0 spiro atoms. The van der Waals surface area contributed by atoms with Crippen molar-refractivity contribution in [2.75, 3.05) is 13.1 Å². The highest BCUT2D eigenvalue weighted by Crippen LogP contribution is 2.37. The Morgan fingerprint density at radius 3 is 2.38 bits per heavy atom. The lowest BCUT2D eigenvalue weighted by atomic mass is 9.77. The smallest absolute Gasteiger partial charge is 0.257 e. The summed E-state index contributed by atoms with van der Waals surface area (Å²) in [6.45, 7) is 3.46. The number of nitrogens with two attached hydrogens (primary N) is 1. The van der Waals surface area contributed by atoms with Gasteiger partial charge in [0.25, 0.3) is 5.89 Å². The number of benzene rings is 1. The SMILES string of the molecule is Cl.NC1(c2noc(-c3ccc(CN4CCCCC4)cc3)n2)CCC1. The summed E-state index contributed by atoms with van der Waals surface area (Å²) in [5.74, 6) is 1.22. The number of rotatable bonds is 4. The second kappa shape index (κ2) is 7.21. The largest absolute Gasteiger partial charge is 0.334 e. The van der Waals surface area contributed by atoms with Crippen molar-refractivity contribution < 1.29 is 4.52 Å². The first kappa shape index (κ1) is 17.4. The van der Waals surface area contributed by atoms with Gasteiger partial charge in [-0.2, -0.15) is 4.98 Å². The van der Waals surface area contributed by atoms with E-state index < -0.39 is 0 Å². The maximum atomic E-state index is 6.25. The Morgan fingerprint density at radius 1 is 1.04 bits per heavy atom. The van der Waals surface area contributed by atoms with Crippen LogP contribution in [-0.2, 0) is 12.1 Å². The molecule has 0 bridgehead atoms. The van der Waals surface area contributed by atoms with E-state index in [9.17, 15) is 0 Å². The second-order valence-electron chi connectivity index (χ2n) is 6.97. The molecule has 4 rings (SSSR count). The highest BCUT2D eigenvalue weighted by molar-refractivity contribution is 5.85. The van der Waals surface area contributed by atoms with Gasteiger partial charge in [0.15, 0.2) is 5.82 Å². The van der Waals surface area contributed by atoms with Gasteiger partial charge in [0, 0.05) is 12.1 Å². The van der Waals surface area contributed by atoms with Crippen LogP contribution < -0.4 is 5.73 Å². The maximum Gasteiger partial charge on any atom is 0.257 e. The van der Waals surface area contributed by atoms with Crippen LogP contribution in [-0.4, -0.2) is 28.1 Å². The van der Waals surface area contributed by atoms with Crippen molar-refractivity contribution in [3.63, 3.8) is 0 Å². The molecule has 1 aromatic carbocycles. The molecule has 2 heterocycles. The van der Waals surface area contributed by atoms with Crippen LogP contribution in [0.2, 0.25) is 0 Å². The Kier molecular flexibility index (Phi) is 5.23. The Morgan fingerprint density at radius 2 is 1.75 bits per heavy atom. The summed E-state index contributed by atoms with van der Waals surface area (Å²) in [7, 11) is 0. The van der Waals surface area contributed by atoms with E-state index in [-0.39, 0.29) is 17.9 Å². The Bertz CT molecular complexity index is 660. The standard InChI is InChI=1S/C18H24N4O.ClH/c19-18(9-4-10-18)17-20-16(23-21-17)15-7-5-14(6-8-15)13-22-11-2-1-3-12-22;/h5-8H,1-4,9-13,19H2;1H. The summed E-state index contributed by atoms with van der Waals surface area (Å²) < 4.78 is 5.41. The zero-order valence-corrected chi connectivity index (χ0v) is 14.7. The van der Waals surface area contributed by atoms with E-state index in [1.165, 1.54) is 37.9 Å². The van der Waals surface area contributed by atoms with Crippen LogP contribution in [0, 0.1) is 0 Å². The van der Waals surface area contributed by atoms with Crippen molar-refractivity contribution in [3.8, 4) is 11.5 Å². The molecule has 2 aromatic rings. The Balaban J connectivity index is 0.00000169. The minimum Gasteiger partial charge on any atom is -0.334 e. The summed E-state index contributed by atoms with van der Waals surface area (Å²) in [5.41, 5.74) is 8.19. The van der Waals surface area contributed by atoms with Crippen molar-refractivity contribution in [3.05, 3.63) is 35.7 Å². The van der Waals surface area contributed by atoms with Crippen molar-refractivity contribution in [2.45, 2.75) is 50.6 Å². The highest BCUT2D eigenvalue weighted by atomic mass is 35.5. The first-order valence-electron chi connectivity index (χ1n) is 8.68. The first-order valence-corrected chi connectivity index (χ1v) is 8.68. The zero-order chi connectivity index (χ0) is 15.7. The third kappa shape index (κ3) is 3.48. The Labute approximate surface area is 149 Å². The summed E-state index contributed by atoms with van der Waals surface area (Å²) in [6.07, 6.45) is 7.05. The van der Waals surface area contributed by atoms with Crippen LogP contribution in [0.1, 0.15) is 49.9 Å². The fraction of sp³-hybridized carbons (Fsp3) is 0.556. The van der Waals surface area contributed by atoms with E-state index in [0.29, 0.717) is 11.7 Å². The lowest BCUT2D eigenvalue weighted by Gasteiger charge is -2.34. The molecule has 2 aliphatic rings. The molecular weight excluding hydrogens is 324 g/mol. The van der Waals surface area contributed by atoms with Gasteiger partial charge in [0.2, 0.25) is 0 Å². The van der Waals surface area contributed by atoms with Gasteiger partial charge in [-0.25, -0.2) is 0 Å². The van der Waals surface area contributed by atoms with E-state index in [4.69, 9.17) is 10.3 Å². The van der Waals surface area contributed by atoms with Crippen molar-refractivity contribution >= 4 is 12.4 Å². The minimum absolute atomic E-state index is 0. The van der Waals surface area contributed by atoms with E-state index in [1.807, 2.05) is 0 Å². The van der Waals surface area contributed by atoms with Crippen LogP contribution in [0.15, 0.2) is 28.8 Å². The molecule has 1 aliphatic heterocycles. The van der Waals surface area contributed by atoms with Crippen molar-refractivity contribution in [1.82, 2.24) is 15.0 Å². The molecular formula is C18H25ClN4O. The molecule has 2 fully saturated rings. The van der Waals surface area contributed by atoms with E-state index >= 15 is 0 Å². The van der Waals surface area contributed by atoms with Gasteiger partial charge in [-0.1, -0.05) is 23.7 Å². The van der Waals surface area contributed by atoms with Gasteiger partial charge < -0.3 is 10.3 Å². The van der Waals surface area contributed by atoms with E-state index in [2.05, 4.69) is 39.3 Å². The maximum absolute atomic E-state index is 6.25. The molecule has 1 aromatic heterocycles. The topological polar surface area (TPSA) is 68.2 Å². The quantitative estimate of drug-likeness (QED) is 0.916. The zero-order valence-electron chi connectivity index (χ0n) is 13.9. The molecule has 1 aliphatic carbocycles. The molecule has 24 heavy (non-hydrogen) atoms. The Hall–Kier alpha value is -1.43. The number of aromatic nitrogens is 2. The van der Waals surface area contributed by atoms with Gasteiger partial charge in [0.05, 0.1) is 5.54 Å². The van der Waals surface area contributed by atoms with Gasteiger partial charge in [-0.3, -0.25) is 4.90 Å². The first-order chi connectivity index (χ1) is 11.2. The number of hydrogen-bond acceptors (Lipinski definition) is 5. The van der Waals surface area contributed by atoms with Gasteiger partial charge in [-0.05, 0) is 62.9 Å². The molecule has 130 valence electrons. The molecule has 0 radical (unpaired) electrons. The number of nitrogens with zero attached hydrogens (tertiary/aromatic N) is 3. The van der Waals surface area contributed by atoms with E-state index in [0.717, 1.165) is 31.4 Å². The summed E-state index contributed by atoms with van der Waals surface area (Å²) >= 11 is 0. The number of piperidine rings is 1. The van der Waals surface area contributed by atoms with Crippen LogP contribution in [0.5, 0.6) is 0 Å². The van der Waals surface area contributed by atoms with Crippen LogP contribution in [0.4, 0.5) is 0 Å². The molecule has 0 unspecified atom stereocenters. The van der Waals surface area contributed by atoms with Crippen LogP contribution in [0.25, 0.3) is 11.5 Å². The lowest BCUT2D eigenvalue weighted by Crippen LogP contribution is -2.44. The van der Waals surface area contributed by atoms with Crippen molar-refractivity contribution in [1.29, 1.82) is 0 Å². The fourth-order valence-electron chi connectivity index (χ4n) is 3.45. The third-order valence-electron chi connectivity index (χ3n) is 5.17. The van der Waals surface area contributed by atoms with Crippen molar-refractivity contribution in [2.24, 2.45) is 5.73 Å². The van der Waals surface area contributed by atoms with Crippen LogP contribution >= 0.6 is 12.4 Å². The monoisotopic (exact) mass is 348 g/mol. The predicted octanol–water partition coefficient (Wildman–Crippen LogP) is 3.48. The number of hydrogen-bond donors (Lipinski definition) is 1. The fourth-order valence-corrected chi connectivity index (χ4v) is 3.45. The van der Waals surface area contributed by atoms with Gasteiger partial charge in [0.1, 0.15) is 0 Å².